The van der Waals surface area contributed by atoms with Crippen LogP contribution >= 0.6 is 0 Å². The van der Waals surface area contributed by atoms with E-state index in [9.17, 15) is 0 Å². The molecule has 0 spiro atoms. The molecule has 0 unspecified atom stereocenters. The van der Waals surface area contributed by atoms with Gasteiger partial charge in [-0.15, -0.1) is 4.91 Å². The molecule has 0 aromatic rings. The van der Waals surface area contributed by atoms with E-state index in [2.05, 4.69) is 5.59 Å². The first kappa shape index (κ1) is 26.4. The molecule has 0 radical (unpaired) electrons. The van der Waals surface area contributed by atoms with Crippen molar-refractivity contribution in [1.29, 1.82) is 5.59 Å². The summed E-state index contributed by atoms with van der Waals surface area (Å²) in [5.41, 5.74) is 4.50. The average molecular weight is 144 g/mol. The molecule has 0 atom stereocenters. The molecule has 0 fully saturated rings. The Labute approximate surface area is 47.8 Å². The summed E-state index contributed by atoms with van der Waals surface area (Å²) in [6, 6.07) is 0. The molecule has 9 heteroatoms. The maximum atomic E-state index is 8.11. The van der Waals surface area contributed by atoms with Gasteiger partial charge in [-0.3, -0.25) is 0 Å². The first-order valence-electron chi connectivity index (χ1n) is 0.920. The van der Waals surface area contributed by atoms with Crippen LogP contribution in [0, 0.1) is 25.1 Å². The van der Waals surface area contributed by atoms with E-state index < -0.39 is 0 Å². The summed E-state index contributed by atoms with van der Waals surface area (Å²) in [5.74, 6) is 0. The summed E-state index contributed by atoms with van der Waals surface area (Å²) in [7, 11) is 0. The van der Waals surface area contributed by atoms with Crippen molar-refractivity contribution in [2.45, 2.75) is 0 Å². The minimum absolute atomic E-state index is 0. The Bertz CT molecular complexity index is 36.2. The lowest BCUT2D eigenvalue weighted by Crippen LogP contribution is -1.82. The molecule has 0 saturated heterocycles. The van der Waals surface area contributed by atoms with Crippen molar-refractivity contribution in [2.24, 2.45) is 5.34 Å². The van der Waals surface area contributed by atoms with Gasteiger partial charge < -0.3 is 10.7 Å². The van der Waals surface area contributed by atoms with E-state index in [1.54, 1.807) is 4.75 Å². The van der Waals surface area contributed by atoms with Crippen LogP contribution in [-0.2, 0) is 0 Å². The third-order valence-electron chi connectivity index (χ3n) is 0. The van der Waals surface area contributed by atoms with Crippen molar-refractivity contribution in [1.82, 2.24) is 0 Å². The van der Waals surface area contributed by atoms with Crippen molar-refractivity contribution in [3.63, 3.8) is 0 Å². The van der Waals surface area contributed by atoms with Gasteiger partial charge in [0.25, 0.3) is 0 Å². The van der Waals surface area contributed by atoms with E-state index in [1.807, 2.05) is 0 Å². The summed E-state index contributed by atoms with van der Waals surface area (Å²) in [4.78, 5) is 23.5. The van der Waals surface area contributed by atoms with Crippen molar-refractivity contribution >= 4 is 0 Å². The first-order chi connectivity index (χ1) is 3.83. The van der Waals surface area contributed by atoms with Crippen LogP contribution in [0.1, 0.15) is 0 Å². The third kappa shape index (κ3) is 45.0. The lowest BCUT2D eigenvalue weighted by Gasteiger charge is -1.32. The molecule has 0 aliphatic carbocycles. The fourth-order valence-electron chi connectivity index (χ4n) is 0. The predicted octanol–water partition coefficient (Wildman–Crippen LogP) is -1.47. The molecular weight excluding hydrogens is 140 g/mol. The summed E-state index contributed by atoms with van der Waals surface area (Å²) in [6.07, 6.45) is 0. The zero-order chi connectivity index (χ0) is 7.41. The highest BCUT2D eigenvalue weighted by Crippen LogP contribution is 1.25. The first-order valence-corrected chi connectivity index (χ1v) is 0.920. The normalized spacial score (nSPS) is 3.11. The third-order valence-corrected chi connectivity index (χ3v) is 0. The van der Waals surface area contributed by atoms with Gasteiger partial charge in [0.2, 0.25) is 0 Å². The standard InChI is InChI=1S/HNO2.HNO.O3.H2O/c2-1-3;1-2;1-3-2;/h(H,2,3);1H;;1H2. The highest BCUT2D eigenvalue weighted by molar-refractivity contribution is 4.20. The maximum Gasteiger partial charge on any atom is 0.154 e. The largest absolute Gasteiger partial charge is 0.412 e. The molecule has 0 aliphatic rings. The topological polar surface area (TPSA) is 174 Å². The van der Waals surface area contributed by atoms with Gasteiger partial charge in [-0.2, -0.15) is 4.91 Å². The molecule has 0 saturated carbocycles. The highest BCUT2D eigenvalue weighted by atomic mass is 17.2. The van der Waals surface area contributed by atoms with Crippen LogP contribution in [0.5, 0.6) is 0 Å². The van der Waals surface area contributed by atoms with Crippen LogP contribution in [0.2, 0.25) is 0 Å². The molecule has 4 N–H and O–H groups in total. The second kappa shape index (κ2) is 1410. The molecular formula is H4N2O7. The van der Waals surface area contributed by atoms with Gasteiger partial charge in [0.05, 0.1) is 0 Å². The SMILES string of the molecule is N=O.O.O=NO.O=[O+][O-]. The summed E-state index contributed by atoms with van der Waals surface area (Å²) in [6.45, 7) is 0. The lowest BCUT2D eigenvalue weighted by molar-refractivity contribution is -0.284. The summed E-state index contributed by atoms with van der Waals surface area (Å²) >= 11 is 0. The Morgan fingerprint density at radius 1 is 1.56 bits per heavy atom. The fraction of sp³-hybridized carbons (Fsp3) is 0. The number of nitroso groups, excluding NO2 is 1. The Morgan fingerprint density at radius 2 is 1.56 bits per heavy atom. The quantitative estimate of drug-likeness (QED) is 0.182. The second-order valence-electron chi connectivity index (χ2n) is 0.150. The molecule has 0 amide bonds. The number of nitrogens with zero attached hydrogens (tertiary/aromatic N) is 1. The molecule has 0 aromatic heterocycles. The van der Waals surface area contributed by atoms with Gasteiger partial charge in [0.15, 0.2) is 10.1 Å². The van der Waals surface area contributed by atoms with Gasteiger partial charge in [-0.1, -0.05) is 15.8 Å². The minimum Gasteiger partial charge on any atom is -0.412 e. The van der Waals surface area contributed by atoms with Gasteiger partial charge in [0.1, 0.15) is 0 Å². The zero-order valence-corrected chi connectivity index (χ0v) is 3.94. The Kier molecular flexibility index (Phi) is 4130. The fourth-order valence-corrected chi connectivity index (χ4v) is 0. The number of nitrogens with one attached hydrogen (secondary N) is 1. The van der Waals surface area contributed by atoms with Crippen molar-refractivity contribution in [3.05, 3.63) is 19.5 Å². The van der Waals surface area contributed by atoms with Gasteiger partial charge in [-0.05, 0) is 0 Å². The molecule has 0 heterocycles. The average Bonchev–Trinajstić information content (AvgIpc) is 1.75. The zero-order valence-electron chi connectivity index (χ0n) is 3.94. The minimum atomic E-state index is 0. The van der Waals surface area contributed by atoms with E-state index >= 15 is 0 Å². The summed E-state index contributed by atoms with van der Waals surface area (Å²) < 4.78 is 1.75. The highest BCUT2D eigenvalue weighted by Gasteiger charge is 1.27. The van der Waals surface area contributed by atoms with E-state index in [4.69, 9.17) is 25.2 Å². The number of hydrogen-bond acceptors (Lipinski definition) is 6. The van der Waals surface area contributed by atoms with Crippen molar-refractivity contribution in [2.75, 3.05) is 0 Å². The molecule has 0 rings (SSSR count). The molecule has 0 bridgehead atoms. The Balaban J connectivity index is -0.0000000202. The monoisotopic (exact) mass is 144 g/mol. The van der Waals surface area contributed by atoms with Crippen LogP contribution in [0.3, 0.4) is 0 Å². The lowest BCUT2D eigenvalue weighted by atomic mass is 13.4. The van der Waals surface area contributed by atoms with Crippen LogP contribution in [0.4, 0.5) is 0 Å². The van der Waals surface area contributed by atoms with Crippen molar-refractivity contribution in [3.8, 4) is 0 Å². The van der Waals surface area contributed by atoms with E-state index in [0.717, 1.165) is 0 Å². The van der Waals surface area contributed by atoms with Gasteiger partial charge in [0, 0.05) is 0 Å². The number of hydrogen-bond donors (Lipinski definition) is 2. The van der Waals surface area contributed by atoms with E-state index in [-0.39, 0.29) is 5.48 Å². The second-order valence-corrected chi connectivity index (χ2v) is 0.150. The Hall–Kier alpha value is -1.64. The Morgan fingerprint density at radius 3 is 1.56 bits per heavy atom. The maximum absolute atomic E-state index is 8.11. The van der Waals surface area contributed by atoms with Gasteiger partial charge >= 0.3 is 0 Å². The molecule has 0 aliphatic heterocycles. The predicted molar refractivity (Wildman–Crippen MR) is 24.0 cm³/mol. The van der Waals surface area contributed by atoms with Crippen molar-refractivity contribution < 1.29 is 15.9 Å². The van der Waals surface area contributed by atoms with Crippen LogP contribution in [0.15, 0.2) is 5.34 Å². The van der Waals surface area contributed by atoms with Crippen LogP contribution < -0.4 is 5.26 Å². The van der Waals surface area contributed by atoms with E-state index in [1.165, 1.54) is 5.34 Å². The van der Waals surface area contributed by atoms with Gasteiger partial charge in [-0.25, -0.2) is 0 Å². The number of rotatable bonds is 0. The molecule has 0 aromatic carbocycles. The van der Waals surface area contributed by atoms with E-state index in [0.29, 0.717) is 0 Å². The molecule has 9 nitrogen and oxygen atoms in total. The molecule has 9 heavy (non-hydrogen) atoms. The van der Waals surface area contributed by atoms with Crippen LogP contribution in [0.25, 0.3) is 0 Å². The summed E-state index contributed by atoms with van der Waals surface area (Å²) in [5, 5.41) is 15.8. The smallest absolute Gasteiger partial charge is 0.154 e. The van der Waals surface area contributed by atoms with Crippen LogP contribution in [-0.4, -0.2) is 10.7 Å². The molecule has 56 valence electrons.